The number of fused-ring (bicyclic) bond motifs is 1. The normalized spacial score (nSPS) is 23.5. The van der Waals surface area contributed by atoms with Crippen molar-refractivity contribution in [3.8, 4) is 0 Å². The maximum atomic E-state index is 10.6. The summed E-state index contributed by atoms with van der Waals surface area (Å²) in [5.74, 6) is 0. The molecular formula is C7H7NOS2. The van der Waals surface area contributed by atoms with Crippen LogP contribution in [-0.4, -0.2) is 10.4 Å². The van der Waals surface area contributed by atoms with E-state index in [1.165, 1.54) is 0 Å². The maximum Gasteiger partial charge on any atom is 0.0693 e. The van der Waals surface area contributed by atoms with E-state index in [2.05, 4.69) is 4.40 Å². The summed E-state index contributed by atoms with van der Waals surface area (Å²) in [6, 6.07) is 7.89. The van der Waals surface area contributed by atoms with Gasteiger partial charge in [-0.2, -0.15) is 0 Å². The van der Waals surface area contributed by atoms with Crippen LogP contribution in [-0.2, 0) is 10.7 Å². The highest BCUT2D eigenvalue weighted by Gasteiger charge is 2.12. The van der Waals surface area contributed by atoms with Gasteiger partial charge in [-0.05, 0) is 6.07 Å². The van der Waals surface area contributed by atoms with Crippen LogP contribution in [0.4, 0.5) is 0 Å². The molecule has 4 heteroatoms. The topological polar surface area (TPSA) is 29.4 Å². The molecule has 0 radical (unpaired) electrons. The fourth-order valence-corrected chi connectivity index (χ4v) is 3.19. The largest absolute Gasteiger partial charge is 0.251 e. The molecule has 1 unspecified atom stereocenters. The summed E-state index contributed by atoms with van der Waals surface area (Å²) in [5.41, 5.74) is 1.11. The summed E-state index contributed by atoms with van der Waals surface area (Å²) >= 11 is 0. The highest BCUT2D eigenvalue weighted by molar-refractivity contribution is 8.71. The van der Waals surface area contributed by atoms with E-state index in [0.717, 1.165) is 10.5 Å². The molecule has 0 amide bonds. The Bertz CT molecular complexity index is 324. The fraction of sp³-hybridized carbons (Fsp3) is 0. The molecular weight excluding hydrogens is 178 g/mol. The summed E-state index contributed by atoms with van der Waals surface area (Å²) in [6.45, 7) is 0. The van der Waals surface area contributed by atoms with Gasteiger partial charge in [-0.1, -0.05) is 28.3 Å². The van der Waals surface area contributed by atoms with E-state index >= 15 is 0 Å². The third-order valence-corrected chi connectivity index (χ3v) is 4.28. The van der Waals surface area contributed by atoms with Gasteiger partial charge in [0, 0.05) is 16.7 Å². The quantitative estimate of drug-likeness (QED) is 0.500. The van der Waals surface area contributed by atoms with E-state index < -0.39 is 10.1 Å². The molecule has 0 aromatic heterocycles. The van der Waals surface area contributed by atoms with E-state index in [1.54, 1.807) is 6.21 Å². The molecule has 0 fully saturated rings. The first kappa shape index (κ1) is 7.06. The first-order valence-electron chi connectivity index (χ1n) is 3.18. The van der Waals surface area contributed by atoms with Gasteiger partial charge in [0.25, 0.3) is 0 Å². The highest BCUT2D eigenvalue weighted by Crippen LogP contribution is 2.42. The van der Waals surface area contributed by atoms with Crippen molar-refractivity contribution in [2.45, 2.75) is 4.90 Å². The maximum absolute atomic E-state index is 10.6. The predicted molar refractivity (Wildman–Crippen MR) is 50.8 cm³/mol. The highest BCUT2D eigenvalue weighted by atomic mass is 33.1. The lowest BCUT2D eigenvalue weighted by molar-refractivity contribution is 0.700. The van der Waals surface area contributed by atoms with Crippen molar-refractivity contribution >= 4 is 27.0 Å². The summed E-state index contributed by atoms with van der Waals surface area (Å²) in [6.07, 6.45) is 1.80. The zero-order chi connectivity index (χ0) is 7.68. The Morgan fingerprint density at radius 1 is 1.36 bits per heavy atom. The van der Waals surface area contributed by atoms with Gasteiger partial charge in [0.15, 0.2) is 0 Å². The molecule has 0 saturated carbocycles. The van der Waals surface area contributed by atoms with Crippen molar-refractivity contribution in [3.63, 3.8) is 0 Å². The van der Waals surface area contributed by atoms with Crippen LogP contribution in [0.2, 0.25) is 0 Å². The zero-order valence-electron chi connectivity index (χ0n) is 5.64. The predicted octanol–water partition coefficient (Wildman–Crippen LogP) is 1.25. The van der Waals surface area contributed by atoms with Crippen LogP contribution in [0, 0.1) is 0 Å². The average Bonchev–Trinajstić information content (AvgIpc) is 2.47. The Kier molecular flexibility index (Phi) is 1.79. The van der Waals surface area contributed by atoms with Crippen LogP contribution in [0.1, 0.15) is 5.56 Å². The number of hydrogen-bond acceptors (Lipinski definition) is 2. The van der Waals surface area contributed by atoms with Crippen molar-refractivity contribution in [1.82, 2.24) is 0 Å². The molecule has 1 aliphatic rings. The molecule has 1 aromatic rings. The van der Waals surface area contributed by atoms with E-state index in [9.17, 15) is 4.21 Å². The summed E-state index contributed by atoms with van der Waals surface area (Å²) in [7, 11) is -0.629. The number of thiol groups is 2. The minimum absolute atomic E-state index is 0.144. The lowest BCUT2D eigenvalue weighted by Crippen LogP contribution is -1.78. The van der Waals surface area contributed by atoms with Crippen LogP contribution < -0.4 is 0 Å². The average molecular weight is 185 g/mol. The molecule has 0 bridgehead atoms. The lowest BCUT2D eigenvalue weighted by atomic mass is 10.2. The minimum atomic E-state index is -0.773. The van der Waals surface area contributed by atoms with Gasteiger partial charge in [-0.3, -0.25) is 4.21 Å². The first-order chi connectivity index (χ1) is 5.42. The molecule has 1 aliphatic heterocycles. The SMILES string of the molecule is O=[SH][SH]1N=Cc2ccccc21. The smallest absolute Gasteiger partial charge is 0.0693 e. The number of rotatable bonds is 1. The van der Waals surface area contributed by atoms with Gasteiger partial charge in [0.1, 0.15) is 0 Å². The van der Waals surface area contributed by atoms with Crippen molar-refractivity contribution in [2.24, 2.45) is 4.40 Å². The van der Waals surface area contributed by atoms with Gasteiger partial charge in [-0.25, -0.2) is 4.40 Å². The lowest BCUT2D eigenvalue weighted by Gasteiger charge is -2.03. The molecule has 0 saturated heterocycles. The van der Waals surface area contributed by atoms with Crippen LogP contribution >= 0.6 is 10.1 Å². The van der Waals surface area contributed by atoms with Crippen molar-refractivity contribution in [1.29, 1.82) is 0 Å². The number of hydrogen-bond donors (Lipinski definition) is 2. The Hall–Kier alpha value is -0.610. The molecule has 0 aliphatic carbocycles. The molecule has 2 rings (SSSR count). The second-order valence-electron chi connectivity index (χ2n) is 2.17. The first-order valence-corrected chi connectivity index (χ1v) is 5.99. The van der Waals surface area contributed by atoms with Crippen molar-refractivity contribution < 1.29 is 4.21 Å². The standard InChI is InChI=1S/C7H7NOS2/c9-10-11-7-4-2-1-3-6(7)5-8-11/h1-5,10-11H. The van der Waals surface area contributed by atoms with E-state index in [1.807, 2.05) is 24.3 Å². The molecule has 0 N–H and O–H groups in total. The Labute approximate surface area is 70.7 Å². The van der Waals surface area contributed by atoms with Gasteiger partial charge in [0.05, 0.1) is 10.7 Å². The van der Waals surface area contributed by atoms with Gasteiger partial charge < -0.3 is 0 Å². The van der Waals surface area contributed by atoms with E-state index in [0.29, 0.717) is 0 Å². The third-order valence-electron chi connectivity index (χ3n) is 1.54. The summed E-state index contributed by atoms with van der Waals surface area (Å²) in [5, 5.41) is 0. The van der Waals surface area contributed by atoms with Gasteiger partial charge in [0.2, 0.25) is 0 Å². The fourth-order valence-electron chi connectivity index (χ4n) is 1.02. The van der Waals surface area contributed by atoms with Crippen LogP contribution in [0.25, 0.3) is 0 Å². The second kappa shape index (κ2) is 2.79. The number of nitrogens with zero attached hydrogens (tertiary/aromatic N) is 1. The summed E-state index contributed by atoms with van der Waals surface area (Å²) in [4.78, 5) is 1.12. The second-order valence-corrected chi connectivity index (χ2v) is 5.26. The third kappa shape index (κ3) is 1.12. The van der Waals surface area contributed by atoms with E-state index in [4.69, 9.17) is 0 Å². The monoisotopic (exact) mass is 185 g/mol. The Morgan fingerprint density at radius 3 is 3.00 bits per heavy atom. The van der Waals surface area contributed by atoms with Crippen LogP contribution in [0.3, 0.4) is 0 Å². The van der Waals surface area contributed by atoms with Crippen molar-refractivity contribution in [2.75, 3.05) is 0 Å². The van der Waals surface area contributed by atoms with Crippen LogP contribution in [0.15, 0.2) is 33.6 Å². The molecule has 58 valence electrons. The molecule has 0 spiro atoms. The Morgan fingerprint density at radius 2 is 2.18 bits per heavy atom. The molecule has 11 heavy (non-hydrogen) atoms. The Balaban J connectivity index is 2.53. The molecule has 1 heterocycles. The van der Waals surface area contributed by atoms with Gasteiger partial charge >= 0.3 is 0 Å². The van der Waals surface area contributed by atoms with Crippen LogP contribution in [0.5, 0.6) is 0 Å². The zero-order valence-corrected chi connectivity index (χ0v) is 7.43. The minimum Gasteiger partial charge on any atom is -0.251 e. The molecule has 1 aromatic carbocycles. The van der Waals surface area contributed by atoms with Crippen molar-refractivity contribution in [3.05, 3.63) is 29.8 Å². The molecule has 2 nitrogen and oxygen atoms in total. The number of benzene rings is 1. The summed E-state index contributed by atoms with van der Waals surface area (Å²) < 4.78 is 14.7. The molecule has 1 atom stereocenters. The van der Waals surface area contributed by atoms with Gasteiger partial charge in [-0.15, -0.1) is 0 Å². The van der Waals surface area contributed by atoms with E-state index in [-0.39, 0.29) is 10.7 Å².